The number of hydrogen-bond donors (Lipinski definition) is 1. The van der Waals surface area contributed by atoms with Crippen LogP contribution in [0.5, 0.6) is 0 Å². The van der Waals surface area contributed by atoms with Crippen LogP contribution in [0.1, 0.15) is 22.7 Å². The number of aryl methyl sites for hydroxylation is 1. The molecule has 0 amide bonds. The van der Waals surface area contributed by atoms with E-state index in [0.29, 0.717) is 10.0 Å². The molecule has 0 aliphatic carbocycles. The summed E-state index contributed by atoms with van der Waals surface area (Å²) in [5.74, 6) is 0. The Balaban J connectivity index is 2.24. The minimum atomic E-state index is -0.303. The van der Waals surface area contributed by atoms with Crippen LogP contribution in [0, 0.1) is 6.92 Å². The minimum Gasteiger partial charge on any atom is -0.320 e. The molecule has 0 saturated carbocycles. The molecular weight excluding hydrogens is 301 g/mol. The number of benzene rings is 3. The van der Waals surface area contributed by atoms with Crippen LogP contribution in [0.4, 0.5) is 0 Å². The average molecular weight is 316 g/mol. The van der Waals surface area contributed by atoms with Crippen LogP contribution in [0.3, 0.4) is 0 Å². The third-order valence-electron chi connectivity index (χ3n) is 3.82. The predicted octanol–water partition coefficient (Wildman–Crippen LogP) is 5.50. The molecular formula is C18H15Cl2N. The second kappa shape index (κ2) is 5.69. The standard InChI is InChI=1S/C18H15Cl2N/c1-11-9-10-12-5-2-3-6-13(12)16(11)18(21)14-7-4-8-15(19)17(14)20/h2-10,18H,21H2,1H3. The number of halogens is 2. The highest BCUT2D eigenvalue weighted by Crippen LogP contribution is 2.35. The summed E-state index contributed by atoms with van der Waals surface area (Å²) in [6.45, 7) is 2.07. The van der Waals surface area contributed by atoms with Crippen molar-refractivity contribution in [3.05, 3.63) is 81.3 Å². The molecule has 0 fully saturated rings. The van der Waals surface area contributed by atoms with Gasteiger partial charge in [-0.1, -0.05) is 71.7 Å². The molecule has 3 aromatic carbocycles. The first-order valence-corrected chi connectivity index (χ1v) is 7.53. The first-order valence-electron chi connectivity index (χ1n) is 6.77. The largest absolute Gasteiger partial charge is 0.320 e. The third-order valence-corrected chi connectivity index (χ3v) is 4.65. The monoisotopic (exact) mass is 315 g/mol. The summed E-state index contributed by atoms with van der Waals surface area (Å²) >= 11 is 12.4. The zero-order valence-corrected chi connectivity index (χ0v) is 13.1. The molecule has 3 aromatic rings. The zero-order valence-electron chi connectivity index (χ0n) is 11.6. The van der Waals surface area contributed by atoms with Crippen molar-refractivity contribution in [2.45, 2.75) is 13.0 Å². The summed E-state index contributed by atoms with van der Waals surface area (Å²) in [7, 11) is 0. The van der Waals surface area contributed by atoms with Crippen molar-refractivity contribution < 1.29 is 0 Å². The maximum Gasteiger partial charge on any atom is 0.0643 e. The van der Waals surface area contributed by atoms with Crippen molar-refractivity contribution in [2.75, 3.05) is 0 Å². The Hall–Kier alpha value is -1.54. The van der Waals surface area contributed by atoms with Crippen molar-refractivity contribution in [3.63, 3.8) is 0 Å². The van der Waals surface area contributed by atoms with E-state index in [0.717, 1.165) is 22.1 Å². The van der Waals surface area contributed by atoms with E-state index in [1.165, 1.54) is 5.39 Å². The van der Waals surface area contributed by atoms with Gasteiger partial charge in [-0.15, -0.1) is 0 Å². The molecule has 0 aliphatic heterocycles. The van der Waals surface area contributed by atoms with Crippen molar-refractivity contribution in [3.8, 4) is 0 Å². The van der Waals surface area contributed by atoms with E-state index in [2.05, 4.69) is 31.2 Å². The van der Waals surface area contributed by atoms with E-state index in [4.69, 9.17) is 28.9 Å². The second-order valence-electron chi connectivity index (χ2n) is 5.14. The Labute approximate surface area is 134 Å². The predicted molar refractivity (Wildman–Crippen MR) is 91.2 cm³/mol. The molecule has 21 heavy (non-hydrogen) atoms. The molecule has 1 unspecified atom stereocenters. The Morgan fingerprint density at radius 1 is 0.905 bits per heavy atom. The third kappa shape index (κ3) is 2.53. The Kier molecular flexibility index (Phi) is 3.90. The van der Waals surface area contributed by atoms with Gasteiger partial charge in [-0.25, -0.2) is 0 Å². The van der Waals surface area contributed by atoms with Gasteiger partial charge in [0.25, 0.3) is 0 Å². The number of nitrogens with two attached hydrogens (primary N) is 1. The number of fused-ring (bicyclic) bond motifs is 1. The van der Waals surface area contributed by atoms with Gasteiger partial charge in [-0.3, -0.25) is 0 Å². The Bertz CT molecular complexity index is 811. The van der Waals surface area contributed by atoms with Crippen molar-refractivity contribution in [2.24, 2.45) is 5.73 Å². The average Bonchev–Trinajstić information content (AvgIpc) is 2.49. The van der Waals surface area contributed by atoms with E-state index >= 15 is 0 Å². The van der Waals surface area contributed by atoms with Gasteiger partial charge in [-0.2, -0.15) is 0 Å². The SMILES string of the molecule is Cc1ccc2ccccc2c1C(N)c1cccc(Cl)c1Cl. The summed E-state index contributed by atoms with van der Waals surface area (Å²) in [4.78, 5) is 0. The molecule has 0 aromatic heterocycles. The van der Waals surface area contributed by atoms with Crippen molar-refractivity contribution >= 4 is 34.0 Å². The fourth-order valence-electron chi connectivity index (χ4n) is 2.73. The van der Waals surface area contributed by atoms with Gasteiger partial charge in [0.15, 0.2) is 0 Å². The molecule has 1 nitrogen and oxygen atoms in total. The second-order valence-corrected chi connectivity index (χ2v) is 5.92. The summed E-state index contributed by atoms with van der Waals surface area (Å²) < 4.78 is 0. The fourth-order valence-corrected chi connectivity index (χ4v) is 3.16. The van der Waals surface area contributed by atoms with E-state index < -0.39 is 0 Å². The lowest BCUT2D eigenvalue weighted by Crippen LogP contribution is -2.14. The highest BCUT2D eigenvalue weighted by Gasteiger charge is 2.18. The van der Waals surface area contributed by atoms with Crippen LogP contribution in [-0.4, -0.2) is 0 Å². The van der Waals surface area contributed by atoms with Gasteiger partial charge < -0.3 is 5.73 Å². The van der Waals surface area contributed by atoms with Gasteiger partial charge in [0.05, 0.1) is 16.1 Å². The van der Waals surface area contributed by atoms with E-state index in [1.54, 1.807) is 6.07 Å². The maximum atomic E-state index is 6.51. The van der Waals surface area contributed by atoms with E-state index in [9.17, 15) is 0 Å². The molecule has 0 spiro atoms. The summed E-state index contributed by atoms with van der Waals surface area (Å²) in [6.07, 6.45) is 0. The van der Waals surface area contributed by atoms with Crippen LogP contribution >= 0.6 is 23.2 Å². The molecule has 3 rings (SSSR count). The van der Waals surface area contributed by atoms with Gasteiger partial charge in [0, 0.05) is 0 Å². The lowest BCUT2D eigenvalue weighted by Gasteiger charge is -2.19. The zero-order chi connectivity index (χ0) is 15.0. The molecule has 0 radical (unpaired) electrons. The Morgan fingerprint density at radius 2 is 1.67 bits per heavy atom. The van der Waals surface area contributed by atoms with Crippen LogP contribution in [0.2, 0.25) is 10.0 Å². The minimum absolute atomic E-state index is 0.303. The summed E-state index contributed by atoms with van der Waals surface area (Å²) in [5.41, 5.74) is 9.61. The quantitative estimate of drug-likeness (QED) is 0.663. The van der Waals surface area contributed by atoms with Gasteiger partial charge in [-0.05, 0) is 40.5 Å². The van der Waals surface area contributed by atoms with Gasteiger partial charge in [0.2, 0.25) is 0 Å². The lowest BCUT2D eigenvalue weighted by molar-refractivity contribution is 0.872. The number of hydrogen-bond acceptors (Lipinski definition) is 1. The Morgan fingerprint density at radius 3 is 2.48 bits per heavy atom. The lowest BCUT2D eigenvalue weighted by atomic mass is 9.91. The highest BCUT2D eigenvalue weighted by atomic mass is 35.5. The highest BCUT2D eigenvalue weighted by molar-refractivity contribution is 6.42. The molecule has 0 aliphatic rings. The first kappa shape index (κ1) is 14.4. The molecule has 0 heterocycles. The van der Waals surface area contributed by atoms with Crippen LogP contribution in [-0.2, 0) is 0 Å². The fraction of sp³-hybridized carbons (Fsp3) is 0.111. The topological polar surface area (TPSA) is 26.0 Å². The molecule has 1 atom stereocenters. The van der Waals surface area contributed by atoms with Crippen LogP contribution in [0.15, 0.2) is 54.6 Å². The molecule has 3 heteroatoms. The normalized spacial score (nSPS) is 12.6. The maximum absolute atomic E-state index is 6.51. The first-order chi connectivity index (χ1) is 10.1. The van der Waals surface area contributed by atoms with Crippen LogP contribution in [0.25, 0.3) is 10.8 Å². The summed E-state index contributed by atoms with van der Waals surface area (Å²) in [5, 5.41) is 3.38. The molecule has 106 valence electrons. The molecule has 2 N–H and O–H groups in total. The summed E-state index contributed by atoms with van der Waals surface area (Å²) in [6, 6.07) is 17.7. The van der Waals surface area contributed by atoms with E-state index in [-0.39, 0.29) is 6.04 Å². The van der Waals surface area contributed by atoms with Gasteiger partial charge in [0.1, 0.15) is 0 Å². The van der Waals surface area contributed by atoms with E-state index in [1.807, 2.05) is 24.3 Å². The number of rotatable bonds is 2. The molecule has 0 bridgehead atoms. The van der Waals surface area contributed by atoms with Gasteiger partial charge >= 0.3 is 0 Å². The molecule has 0 saturated heterocycles. The van der Waals surface area contributed by atoms with Crippen molar-refractivity contribution in [1.82, 2.24) is 0 Å². The smallest absolute Gasteiger partial charge is 0.0643 e. The van der Waals surface area contributed by atoms with Crippen molar-refractivity contribution in [1.29, 1.82) is 0 Å². The van der Waals surface area contributed by atoms with Crippen LogP contribution < -0.4 is 5.73 Å².